The summed E-state index contributed by atoms with van der Waals surface area (Å²) in [7, 11) is 0. The molecule has 6 nitrogen and oxygen atoms in total. The second-order valence-corrected chi connectivity index (χ2v) is 17.1. The molecule has 0 spiro atoms. The molecule has 0 saturated carbocycles. The van der Waals surface area contributed by atoms with Crippen LogP contribution in [-0.2, 0) is 0 Å². The molecule has 10 aromatic carbocycles. The molecule has 0 aliphatic carbocycles. The number of furan rings is 2. The Kier molecular flexibility index (Phi) is 8.18. The topological polar surface area (TPSA) is 69.9 Å². The molecule has 312 valence electrons. The predicted octanol–water partition coefficient (Wildman–Crippen LogP) is 16.3. The average molecular weight is 857 g/mol. The summed E-state index contributed by atoms with van der Waals surface area (Å²) >= 11 is 0. The van der Waals surface area contributed by atoms with Crippen LogP contribution < -0.4 is 0 Å². The summed E-state index contributed by atoms with van der Waals surface area (Å²) in [6.07, 6.45) is 0. The summed E-state index contributed by atoms with van der Waals surface area (Å²) < 4.78 is 15.7. The van der Waals surface area contributed by atoms with E-state index >= 15 is 0 Å². The third-order valence-corrected chi connectivity index (χ3v) is 13.3. The van der Waals surface area contributed by atoms with Crippen molar-refractivity contribution in [3.63, 3.8) is 0 Å². The zero-order chi connectivity index (χ0) is 44.0. The van der Waals surface area contributed by atoms with E-state index < -0.39 is 0 Å². The maximum absolute atomic E-state index is 6.79. The largest absolute Gasteiger partial charge is 0.456 e. The normalized spacial score (nSPS) is 11.9. The quantitative estimate of drug-likeness (QED) is 0.167. The number of benzene rings is 10. The molecule has 0 unspecified atom stereocenters. The van der Waals surface area contributed by atoms with Crippen LogP contribution in [-0.4, -0.2) is 19.5 Å². The number of nitrogens with zero attached hydrogens (tertiary/aromatic N) is 4. The average Bonchev–Trinajstić information content (AvgIpc) is 4.07. The van der Waals surface area contributed by atoms with Crippen molar-refractivity contribution < 1.29 is 8.83 Å². The van der Waals surface area contributed by atoms with E-state index in [0.29, 0.717) is 17.5 Å². The van der Waals surface area contributed by atoms with Crippen LogP contribution in [0.3, 0.4) is 0 Å². The Labute approximate surface area is 383 Å². The highest BCUT2D eigenvalue weighted by molar-refractivity contribution is 6.13. The predicted molar refractivity (Wildman–Crippen MR) is 273 cm³/mol. The Morgan fingerprint density at radius 3 is 1.78 bits per heavy atom. The Morgan fingerprint density at radius 2 is 0.925 bits per heavy atom. The monoisotopic (exact) mass is 856 g/mol. The summed E-state index contributed by atoms with van der Waals surface area (Å²) in [5.74, 6) is 1.69. The van der Waals surface area contributed by atoms with Gasteiger partial charge in [-0.1, -0.05) is 152 Å². The highest BCUT2D eigenvalue weighted by Gasteiger charge is 2.22. The molecule has 0 atom stereocenters. The number of hydrogen-bond acceptors (Lipinski definition) is 5. The maximum atomic E-state index is 6.79. The van der Waals surface area contributed by atoms with E-state index in [2.05, 4.69) is 162 Å². The van der Waals surface area contributed by atoms with E-state index in [1.54, 1.807) is 0 Å². The zero-order valence-electron chi connectivity index (χ0n) is 35.9. The highest BCUT2D eigenvalue weighted by atomic mass is 16.3. The van der Waals surface area contributed by atoms with Gasteiger partial charge in [-0.15, -0.1) is 0 Å². The van der Waals surface area contributed by atoms with Gasteiger partial charge in [0.1, 0.15) is 22.3 Å². The minimum absolute atomic E-state index is 0.539. The van der Waals surface area contributed by atoms with E-state index in [1.165, 1.54) is 21.8 Å². The number of rotatable bonds is 6. The molecule has 14 aromatic rings. The smallest absolute Gasteiger partial charge is 0.167 e. The standard InChI is InChI=1S/C61H36N4O2/c1-3-15-38(16-4-1)59-62-60(50-23-13-22-49-46-21-10-12-25-54(46)67-58(49)50)64-61(63-59)57-43-19-8-7-14-37(43)26-30-44(57)41-28-32-48-47-31-27-40(35-55(47)66-56(48)36-41)39-29-33-53-51(34-39)45-20-9-11-24-52(45)65(53)42-17-5-2-6-18-42/h1-36H. The number of hydrogen-bond donors (Lipinski definition) is 0. The minimum atomic E-state index is 0.539. The lowest BCUT2D eigenvalue weighted by molar-refractivity contribution is 0.669. The fourth-order valence-electron chi connectivity index (χ4n) is 10.1. The van der Waals surface area contributed by atoms with Gasteiger partial charge in [0.05, 0.1) is 16.6 Å². The molecule has 0 aliphatic rings. The van der Waals surface area contributed by atoms with Crippen molar-refractivity contribution in [2.24, 2.45) is 0 Å². The first-order chi connectivity index (χ1) is 33.2. The van der Waals surface area contributed by atoms with E-state index in [0.717, 1.165) is 99.3 Å². The van der Waals surface area contributed by atoms with Crippen molar-refractivity contribution in [3.8, 4) is 62.1 Å². The number of fused-ring (bicyclic) bond motifs is 10. The van der Waals surface area contributed by atoms with Crippen molar-refractivity contribution in [2.45, 2.75) is 0 Å². The molecular weight excluding hydrogens is 821 g/mol. The van der Waals surface area contributed by atoms with Gasteiger partial charge in [0.15, 0.2) is 17.5 Å². The van der Waals surface area contributed by atoms with Crippen LogP contribution in [0, 0.1) is 0 Å². The highest BCUT2D eigenvalue weighted by Crippen LogP contribution is 2.43. The van der Waals surface area contributed by atoms with Gasteiger partial charge in [-0.3, -0.25) is 0 Å². The summed E-state index contributed by atoms with van der Waals surface area (Å²) in [5, 5.41) is 8.76. The van der Waals surface area contributed by atoms with Gasteiger partial charge >= 0.3 is 0 Å². The molecule has 0 aliphatic heterocycles. The van der Waals surface area contributed by atoms with E-state index in [9.17, 15) is 0 Å². The van der Waals surface area contributed by atoms with Crippen LogP contribution in [0.2, 0.25) is 0 Å². The van der Waals surface area contributed by atoms with Gasteiger partial charge in [0, 0.05) is 49.1 Å². The summed E-state index contributed by atoms with van der Waals surface area (Å²) in [6.45, 7) is 0. The van der Waals surface area contributed by atoms with Crippen molar-refractivity contribution in [1.82, 2.24) is 19.5 Å². The second-order valence-electron chi connectivity index (χ2n) is 17.1. The Hall–Kier alpha value is -9.13. The second kappa shape index (κ2) is 14.7. The van der Waals surface area contributed by atoms with Gasteiger partial charge in [-0.05, 0) is 99.8 Å². The van der Waals surface area contributed by atoms with E-state index in [1.807, 2.05) is 60.7 Å². The van der Waals surface area contributed by atoms with Gasteiger partial charge < -0.3 is 13.4 Å². The molecule has 0 fully saturated rings. The maximum Gasteiger partial charge on any atom is 0.167 e. The minimum Gasteiger partial charge on any atom is -0.456 e. The van der Waals surface area contributed by atoms with Crippen LogP contribution in [0.4, 0.5) is 0 Å². The van der Waals surface area contributed by atoms with Crippen LogP contribution in [0.5, 0.6) is 0 Å². The molecular formula is C61H36N4O2. The van der Waals surface area contributed by atoms with Gasteiger partial charge in [0.25, 0.3) is 0 Å². The van der Waals surface area contributed by atoms with Crippen LogP contribution in [0.1, 0.15) is 0 Å². The van der Waals surface area contributed by atoms with Crippen molar-refractivity contribution in [2.75, 3.05) is 0 Å². The summed E-state index contributed by atoms with van der Waals surface area (Å²) in [4.78, 5) is 15.7. The van der Waals surface area contributed by atoms with Crippen LogP contribution in [0.15, 0.2) is 227 Å². The van der Waals surface area contributed by atoms with Gasteiger partial charge in [0.2, 0.25) is 0 Å². The zero-order valence-corrected chi connectivity index (χ0v) is 35.9. The van der Waals surface area contributed by atoms with Crippen LogP contribution >= 0.6 is 0 Å². The number of aromatic nitrogens is 4. The molecule has 0 N–H and O–H groups in total. The first-order valence-corrected chi connectivity index (χ1v) is 22.5. The lowest BCUT2D eigenvalue weighted by Gasteiger charge is -2.15. The van der Waals surface area contributed by atoms with Crippen LogP contribution in [0.25, 0.3) is 139 Å². The van der Waals surface area contributed by atoms with E-state index in [-0.39, 0.29) is 0 Å². The number of para-hydroxylation sites is 4. The van der Waals surface area contributed by atoms with Gasteiger partial charge in [-0.25, -0.2) is 15.0 Å². The molecule has 0 radical (unpaired) electrons. The molecule has 0 saturated heterocycles. The fraction of sp³-hybridized carbons (Fsp3) is 0. The SMILES string of the molecule is c1ccc(-c2nc(-c3c(-c4ccc5c(c4)oc4cc(-c6ccc7c(c6)c6ccccc6n7-c6ccccc6)ccc45)ccc4ccccc34)nc(-c3cccc4c3oc3ccccc34)n2)cc1. The summed E-state index contributed by atoms with van der Waals surface area (Å²) in [6, 6.07) is 76.3. The first-order valence-electron chi connectivity index (χ1n) is 22.5. The third kappa shape index (κ3) is 5.93. The van der Waals surface area contributed by atoms with Crippen molar-refractivity contribution in [1.29, 1.82) is 0 Å². The molecule has 4 aromatic heterocycles. The molecule has 6 heteroatoms. The fourth-order valence-corrected chi connectivity index (χ4v) is 10.1. The first kappa shape index (κ1) is 37.3. The van der Waals surface area contributed by atoms with Gasteiger partial charge in [-0.2, -0.15) is 0 Å². The third-order valence-electron chi connectivity index (χ3n) is 13.3. The Bertz CT molecular complexity index is 4280. The lowest BCUT2D eigenvalue weighted by atomic mass is 9.93. The Morgan fingerprint density at radius 1 is 0.313 bits per heavy atom. The molecule has 0 bridgehead atoms. The van der Waals surface area contributed by atoms with Crippen molar-refractivity contribution in [3.05, 3.63) is 218 Å². The molecule has 14 rings (SSSR count). The molecule has 0 amide bonds. The van der Waals surface area contributed by atoms with Crippen molar-refractivity contribution >= 4 is 76.5 Å². The molecule has 67 heavy (non-hydrogen) atoms. The summed E-state index contributed by atoms with van der Waals surface area (Å²) in [5.41, 5.74) is 13.5. The Balaban J connectivity index is 0.918. The lowest BCUT2D eigenvalue weighted by Crippen LogP contribution is -2.02. The van der Waals surface area contributed by atoms with E-state index in [4.69, 9.17) is 23.8 Å². The molecule has 4 heterocycles.